The highest BCUT2D eigenvalue weighted by molar-refractivity contribution is 7.98. The van der Waals surface area contributed by atoms with Crippen LogP contribution < -0.4 is 25.1 Å². The number of amides is 2. The van der Waals surface area contributed by atoms with Crippen LogP contribution in [0.2, 0.25) is 0 Å². The normalized spacial score (nSPS) is 10.1. The van der Waals surface area contributed by atoms with Crippen molar-refractivity contribution in [2.24, 2.45) is 0 Å². The zero-order valence-electron chi connectivity index (χ0n) is 15.1. The van der Waals surface area contributed by atoms with Gasteiger partial charge in [-0.15, -0.1) is 0 Å². The number of hydrogen-bond donors (Lipinski definition) is 2. The third-order valence-corrected chi connectivity index (χ3v) is 3.63. The Balaban J connectivity index is 2.97. The van der Waals surface area contributed by atoms with Gasteiger partial charge in [0.15, 0.2) is 11.5 Å². The summed E-state index contributed by atoms with van der Waals surface area (Å²) in [5, 5.41) is 0. The molecule has 1 rings (SSSR count). The molecule has 0 aliphatic rings. The zero-order valence-corrected chi connectivity index (χ0v) is 16.0. The van der Waals surface area contributed by atoms with Crippen molar-refractivity contribution in [2.75, 3.05) is 31.8 Å². The molecule has 2 amide bonds. The van der Waals surface area contributed by atoms with Crippen molar-refractivity contribution in [3.63, 3.8) is 0 Å². The molecule has 0 saturated carbocycles. The van der Waals surface area contributed by atoms with Crippen molar-refractivity contribution in [1.82, 2.24) is 10.9 Å². The van der Waals surface area contributed by atoms with Gasteiger partial charge in [-0.25, -0.2) is 0 Å². The predicted molar refractivity (Wildman–Crippen MR) is 98.6 cm³/mol. The number of hydrazine groups is 1. The predicted octanol–water partition coefficient (Wildman–Crippen LogP) is 2.40. The highest BCUT2D eigenvalue weighted by atomic mass is 32.2. The average molecular weight is 370 g/mol. The Hall–Kier alpha value is -2.09. The fraction of sp³-hybridized carbons (Fsp3) is 0.529. The van der Waals surface area contributed by atoms with Crippen LogP contribution in [0.25, 0.3) is 0 Å². The molecule has 7 nitrogen and oxygen atoms in total. The lowest BCUT2D eigenvalue weighted by Gasteiger charge is -2.17. The van der Waals surface area contributed by atoms with E-state index >= 15 is 0 Å². The van der Waals surface area contributed by atoms with Crippen LogP contribution in [0.4, 0.5) is 0 Å². The molecule has 1 aromatic carbocycles. The van der Waals surface area contributed by atoms with Gasteiger partial charge in [-0.2, -0.15) is 11.8 Å². The molecule has 0 unspecified atom stereocenters. The van der Waals surface area contributed by atoms with Gasteiger partial charge in [-0.3, -0.25) is 20.4 Å². The van der Waals surface area contributed by atoms with Gasteiger partial charge in [-0.1, -0.05) is 0 Å². The van der Waals surface area contributed by atoms with Crippen molar-refractivity contribution in [1.29, 1.82) is 0 Å². The topological polar surface area (TPSA) is 85.9 Å². The van der Waals surface area contributed by atoms with Crippen LogP contribution in [0, 0.1) is 0 Å². The van der Waals surface area contributed by atoms with E-state index in [0.29, 0.717) is 54.8 Å². The van der Waals surface area contributed by atoms with Crippen LogP contribution in [0.3, 0.4) is 0 Å². The van der Waals surface area contributed by atoms with Crippen LogP contribution in [0.5, 0.6) is 17.2 Å². The highest BCUT2D eigenvalue weighted by Gasteiger charge is 2.18. The molecule has 140 valence electrons. The molecular weight excluding hydrogens is 344 g/mol. The van der Waals surface area contributed by atoms with Crippen LogP contribution >= 0.6 is 11.8 Å². The molecule has 0 fully saturated rings. The minimum Gasteiger partial charge on any atom is -0.490 e. The first-order valence-electron chi connectivity index (χ1n) is 8.21. The fourth-order valence-electron chi connectivity index (χ4n) is 1.98. The molecular formula is C17H26N2O5S. The lowest BCUT2D eigenvalue weighted by atomic mass is 10.1. The Morgan fingerprint density at radius 2 is 1.52 bits per heavy atom. The molecule has 25 heavy (non-hydrogen) atoms. The van der Waals surface area contributed by atoms with E-state index in [1.807, 2.05) is 27.0 Å². The zero-order chi connectivity index (χ0) is 18.7. The smallest absolute Gasteiger partial charge is 0.269 e. The van der Waals surface area contributed by atoms with Gasteiger partial charge in [-0.05, 0) is 39.2 Å². The summed E-state index contributed by atoms with van der Waals surface area (Å²) in [5.74, 6) is 1.30. The quantitative estimate of drug-likeness (QED) is 0.615. The number of benzene rings is 1. The molecule has 0 aliphatic heterocycles. The van der Waals surface area contributed by atoms with Crippen molar-refractivity contribution >= 4 is 23.6 Å². The minimum absolute atomic E-state index is 0.247. The van der Waals surface area contributed by atoms with Gasteiger partial charge in [0.25, 0.3) is 5.91 Å². The average Bonchev–Trinajstić information content (AvgIpc) is 2.60. The fourth-order valence-corrected chi connectivity index (χ4v) is 2.37. The van der Waals surface area contributed by atoms with Gasteiger partial charge in [0.05, 0.1) is 19.8 Å². The monoisotopic (exact) mass is 370 g/mol. The van der Waals surface area contributed by atoms with E-state index in [9.17, 15) is 9.59 Å². The summed E-state index contributed by atoms with van der Waals surface area (Å²) < 4.78 is 16.7. The van der Waals surface area contributed by atoms with Crippen molar-refractivity contribution in [3.8, 4) is 17.2 Å². The van der Waals surface area contributed by atoms with Gasteiger partial charge in [0.2, 0.25) is 11.7 Å². The maximum absolute atomic E-state index is 12.3. The van der Waals surface area contributed by atoms with E-state index in [4.69, 9.17) is 14.2 Å². The summed E-state index contributed by atoms with van der Waals surface area (Å²) in [7, 11) is 0. The molecule has 0 bridgehead atoms. The first kappa shape index (κ1) is 21.0. The third kappa shape index (κ3) is 6.74. The van der Waals surface area contributed by atoms with E-state index in [0.717, 1.165) is 0 Å². The lowest BCUT2D eigenvalue weighted by molar-refractivity contribution is -0.121. The van der Waals surface area contributed by atoms with E-state index in [1.54, 1.807) is 23.9 Å². The largest absolute Gasteiger partial charge is 0.490 e. The molecule has 0 atom stereocenters. The lowest BCUT2D eigenvalue weighted by Crippen LogP contribution is -2.41. The molecule has 0 spiro atoms. The summed E-state index contributed by atoms with van der Waals surface area (Å²) >= 11 is 1.56. The second-order valence-corrected chi connectivity index (χ2v) is 5.83. The van der Waals surface area contributed by atoms with E-state index in [1.165, 1.54) is 0 Å². The first-order valence-corrected chi connectivity index (χ1v) is 9.61. The maximum Gasteiger partial charge on any atom is 0.269 e. The number of nitrogens with one attached hydrogen (secondary N) is 2. The number of hydrogen-bond acceptors (Lipinski definition) is 6. The van der Waals surface area contributed by atoms with Crippen molar-refractivity contribution in [2.45, 2.75) is 27.2 Å². The standard InChI is InChI=1S/C17H26N2O5S/c1-5-22-13-10-12(11-14(23-6-2)16(13)24-7-3)17(21)19-18-15(20)8-9-25-4/h10-11H,5-9H2,1-4H3,(H,18,20)(H,19,21). The van der Waals surface area contributed by atoms with E-state index < -0.39 is 5.91 Å². The third-order valence-electron chi connectivity index (χ3n) is 3.02. The van der Waals surface area contributed by atoms with Crippen LogP contribution in [-0.2, 0) is 4.79 Å². The van der Waals surface area contributed by atoms with E-state index in [2.05, 4.69) is 10.9 Å². The molecule has 0 saturated heterocycles. The molecule has 8 heteroatoms. The summed E-state index contributed by atoms with van der Waals surface area (Å²) in [6.45, 7) is 6.82. The molecule has 1 aromatic rings. The molecule has 2 N–H and O–H groups in total. The Bertz CT molecular complexity index is 553. The maximum atomic E-state index is 12.3. The van der Waals surface area contributed by atoms with Crippen molar-refractivity contribution < 1.29 is 23.8 Å². The van der Waals surface area contributed by atoms with Gasteiger partial charge >= 0.3 is 0 Å². The number of ether oxygens (including phenoxy) is 3. The highest BCUT2D eigenvalue weighted by Crippen LogP contribution is 2.39. The van der Waals surface area contributed by atoms with Gasteiger partial charge in [0.1, 0.15) is 0 Å². The molecule has 0 aliphatic carbocycles. The summed E-state index contributed by atoms with van der Waals surface area (Å²) in [6, 6.07) is 3.14. The summed E-state index contributed by atoms with van der Waals surface area (Å²) in [5.41, 5.74) is 5.10. The van der Waals surface area contributed by atoms with Crippen LogP contribution in [0.1, 0.15) is 37.6 Å². The SMILES string of the molecule is CCOc1cc(C(=O)NNC(=O)CCSC)cc(OCC)c1OCC. The number of rotatable bonds is 10. The Kier molecular flexibility index (Phi) is 9.61. The second kappa shape index (κ2) is 11.5. The Morgan fingerprint density at radius 3 is 2.00 bits per heavy atom. The van der Waals surface area contributed by atoms with E-state index in [-0.39, 0.29) is 5.91 Å². The first-order chi connectivity index (χ1) is 12.1. The van der Waals surface area contributed by atoms with Gasteiger partial charge in [0, 0.05) is 17.7 Å². The van der Waals surface area contributed by atoms with Crippen LogP contribution in [0.15, 0.2) is 12.1 Å². The second-order valence-electron chi connectivity index (χ2n) is 4.85. The van der Waals surface area contributed by atoms with Crippen LogP contribution in [-0.4, -0.2) is 43.6 Å². The summed E-state index contributed by atoms with van der Waals surface area (Å²) in [6.07, 6.45) is 2.25. The summed E-state index contributed by atoms with van der Waals surface area (Å²) in [4.78, 5) is 23.9. The molecule has 0 aromatic heterocycles. The molecule has 0 radical (unpaired) electrons. The number of carbonyl (C=O) groups excluding carboxylic acids is 2. The number of thioether (sulfide) groups is 1. The van der Waals surface area contributed by atoms with Gasteiger partial charge < -0.3 is 14.2 Å². The minimum atomic E-state index is -0.456. The van der Waals surface area contributed by atoms with Crippen molar-refractivity contribution in [3.05, 3.63) is 17.7 Å². The Morgan fingerprint density at radius 1 is 0.960 bits per heavy atom. The Labute approximate surface area is 152 Å². The number of carbonyl (C=O) groups is 2. The molecule has 0 heterocycles.